The summed E-state index contributed by atoms with van der Waals surface area (Å²) >= 11 is 0. The summed E-state index contributed by atoms with van der Waals surface area (Å²) in [5, 5.41) is 6.25. The van der Waals surface area contributed by atoms with Crippen LogP contribution < -0.4 is 15.4 Å². The fourth-order valence-electron chi connectivity index (χ4n) is 2.43. The molecule has 0 saturated carbocycles. The Labute approximate surface area is 144 Å². The molecule has 0 aliphatic carbocycles. The second-order valence-electron chi connectivity index (χ2n) is 5.25. The van der Waals surface area contributed by atoms with Crippen molar-refractivity contribution in [1.82, 2.24) is 10.3 Å². The Morgan fingerprint density at radius 3 is 2.84 bits per heavy atom. The van der Waals surface area contributed by atoms with Crippen molar-refractivity contribution in [2.45, 2.75) is 6.42 Å². The number of nitrogens with one attached hydrogen (secondary N) is 2. The molecule has 2 amide bonds. The van der Waals surface area contributed by atoms with E-state index in [4.69, 9.17) is 9.15 Å². The maximum absolute atomic E-state index is 12.1. The molecule has 0 aliphatic heterocycles. The number of rotatable bonds is 6. The monoisotopic (exact) mass is 339 g/mol. The SMILES string of the molecule is COc1ccnc2c(NC(=O)CCNC(=O)c3ccco3)cccc12. The lowest BCUT2D eigenvalue weighted by atomic mass is 10.1. The van der Waals surface area contributed by atoms with Crippen molar-refractivity contribution in [2.24, 2.45) is 0 Å². The minimum absolute atomic E-state index is 0.132. The predicted octanol–water partition coefficient (Wildman–Crippen LogP) is 2.60. The van der Waals surface area contributed by atoms with E-state index in [9.17, 15) is 9.59 Å². The number of fused-ring (bicyclic) bond motifs is 1. The molecule has 2 heterocycles. The molecule has 0 spiro atoms. The van der Waals surface area contributed by atoms with Gasteiger partial charge in [-0.1, -0.05) is 6.07 Å². The molecule has 2 aromatic heterocycles. The first kappa shape index (κ1) is 16.5. The molecule has 0 fully saturated rings. The molecule has 25 heavy (non-hydrogen) atoms. The van der Waals surface area contributed by atoms with E-state index in [-0.39, 0.29) is 30.5 Å². The van der Waals surface area contributed by atoms with Crippen molar-refractivity contribution in [1.29, 1.82) is 0 Å². The molecule has 7 nitrogen and oxygen atoms in total. The number of carbonyl (C=O) groups excluding carboxylic acids is 2. The third-order valence-electron chi connectivity index (χ3n) is 3.61. The van der Waals surface area contributed by atoms with Crippen LogP contribution in [0.2, 0.25) is 0 Å². The van der Waals surface area contributed by atoms with Gasteiger partial charge >= 0.3 is 0 Å². The minimum Gasteiger partial charge on any atom is -0.496 e. The largest absolute Gasteiger partial charge is 0.496 e. The zero-order valence-corrected chi connectivity index (χ0v) is 13.6. The summed E-state index contributed by atoms with van der Waals surface area (Å²) in [5.41, 5.74) is 1.24. The number of hydrogen-bond acceptors (Lipinski definition) is 5. The van der Waals surface area contributed by atoms with Gasteiger partial charge in [-0.05, 0) is 30.3 Å². The zero-order chi connectivity index (χ0) is 17.6. The lowest BCUT2D eigenvalue weighted by Gasteiger charge is -2.10. The molecule has 7 heteroatoms. The van der Waals surface area contributed by atoms with E-state index >= 15 is 0 Å². The minimum atomic E-state index is -0.352. The Kier molecular flexibility index (Phi) is 4.94. The Morgan fingerprint density at radius 1 is 1.20 bits per heavy atom. The van der Waals surface area contributed by atoms with Crippen LogP contribution in [-0.2, 0) is 4.79 Å². The Hall–Kier alpha value is -3.35. The summed E-state index contributed by atoms with van der Waals surface area (Å²) in [7, 11) is 1.59. The van der Waals surface area contributed by atoms with Crippen molar-refractivity contribution in [2.75, 3.05) is 19.0 Å². The number of hydrogen-bond donors (Lipinski definition) is 2. The van der Waals surface area contributed by atoms with Crippen LogP contribution in [0.1, 0.15) is 17.0 Å². The normalized spacial score (nSPS) is 10.4. The molecule has 0 unspecified atom stereocenters. The van der Waals surface area contributed by atoms with Gasteiger partial charge in [-0.2, -0.15) is 0 Å². The quantitative estimate of drug-likeness (QED) is 0.720. The highest BCUT2D eigenvalue weighted by Crippen LogP contribution is 2.28. The van der Waals surface area contributed by atoms with Gasteiger partial charge in [0.05, 0.1) is 24.6 Å². The van der Waals surface area contributed by atoms with Gasteiger partial charge in [0.2, 0.25) is 5.91 Å². The number of pyridine rings is 1. The molecule has 1 aromatic carbocycles. The standard InChI is InChI=1S/C18H17N3O4/c1-24-14-7-9-19-17-12(14)4-2-5-13(17)21-16(22)8-10-20-18(23)15-6-3-11-25-15/h2-7,9,11H,8,10H2,1H3,(H,20,23)(H,21,22). The summed E-state index contributed by atoms with van der Waals surface area (Å²) in [4.78, 5) is 28.2. The van der Waals surface area contributed by atoms with Gasteiger partial charge in [-0.3, -0.25) is 14.6 Å². The van der Waals surface area contributed by atoms with Crippen LogP contribution in [0.4, 0.5) is 5.69 Å². The van der Waals surface area contributed by atoms with Gasteiger partial charge in [-0.15, -0.1) is 0 Å². The van der Waals surface area contributed by atoms with E-state index in [2.05, 4.69) is 15.6 Å². The maximum atomic E-state index is 12.1. The summed E-state index contributed by atoms with van der Waals surface area (Å²) in [6.45, 7) is 0.201. The number of benzene rings is 1. The smallest absolute Gasteiger partial charge is 0.286 e. The number of aromatic nitrogens is 1. The molecular weight excluding hydrogens is 322 g/mol. The van der Waals surface area contributed by atoms with Gasteiger partial charge < -0.3 is 19.8 Å². The highest BCUT2D eigenvalue weighted by atomic mass is 16.5. The summed E-state index contributed by atoms with van der Waals surface area (Å²) in [6, 6.07) is 10.4. The van der Waals surface area contributed by atoms with Crippen LogP contribution in [0.5, 0.6) is 5.75 Å². The Morgan fingerprint density at radius 2 is 2.08 bits per heavy atom. The molecule has 3 rings (SSSR count). The number of carbonyl (C=O) groups is 2. The van der Waals surface area contributed by atoms with Crippen LogP contribution in [0.15, 0.2) is 53.3 Å². The molecule has 0 bridgehead atoms. The molecule has 0 saturated heterocycles. The third-order valence-corrected chi connectivity index (χ3v) is 3.61. The van der Waals surface area contributed by atoms with E-state index < -0.39 is 0 Å². The summed E-state index contributed by atoms with van der Waals surface area (Å²) in [5.74, 6) is 0.323. The zero-order valence-electron chi connectivity index (χ0n) is 13.6. The van der Waals surface area contributed by atoms with Crippen molar-refractivity contribution < 1.29 is 18.7 Å². The average molecular weight is 339 g/mol. The van der Waals surface area contributed by atoms with E-state index in [1.165, 1.54) is 6.26 Å². The molecular formula is C18H17N3O4. The highest BCUT2D eigenvalue weighted by Gasteiger charge is 2.11. The second-order valence-corrected chi connectivity index (χ2v) is 5.25. The van der Waals surface area contributed by atoms with Gasteiger partial charge in [0.15, 0.2) is 5.76 Å². The van der Waals surface area contributed by atoms with Crippen LogP contribution in [0.3, 0.4) is 0 Å². The second kappa shape index (κ2) is 7.48. The highest BCUT2D eigenvalue weighted by molar-refractivity contribution is 6.02. The Balaban J connectivity index is 1.61. The van der Waals surface area contributed by atoms with Gasteiger partial charge in [0.25, 0.3) is 5.91 Å². The molecule has 2 N–H and O–H groups in total. The van der Waals surface area contributed by atoms with Gasteiger partial charge in [0, 0.05) is 24.5 Å². The summed E-state index contributed by atoms with van der Waals surface area (Å²) in [6.07, 6.45) is 3.18. The number of nitrogens with zero attached hydrogens (tertiary/aromatic N) is 1. The fourth-order valence-corrected chi connectivity index (χ4v) is 2.43. The first-order valence-electron chi connectivity index (χ1n) is 7.72. The molecule has 0 radical (unpaired) electrons. The number of methoxy groups -OCH3 is 1. The van der Waals surface area contributed by atoms with Crippen molar-refractivity contribution in [3.05, 3.63) is 54.6 Å². The van der Waals surface area contributed by atoms with Crippen LogP contribution >= 0.6 is 0 Å². The first-order valence-corrected chi connectivity index (χ1v) is 7.72. The number of anilines is 1. The summed E-state index contributed by atoms with van der Waals surface area (Å²) < 4.78 is 10.3. The van der Waals surface area contributed by atoms with Crippen LogP contribution in [0, 0.1) is 0 Å². The van der Waals surface area contributed by atoms with E-state index in [0.717, 1.165) is 5.39 Å². The van der Waals surface area contributed by atoms with Crippen molar-refractivity contribution in [3.8, 4) is 5.75 Å². The van der Waals surface area contributed by atoms with Crippen LogP contribution in [0.25, 0.3) is 10.9 Å². The predicted molar refractivity (Wildman–Crippen MR) is 92.6 cm³/mol. The number of ether oxygens (including phenoxy) is 1. The molecule has 128 valence electrons. The molecule has 0 aliphatic rings. The van der Waals surface area contributed by atoms with E-state index in [1.54, 1.807) is 37.6 Å². The topological polar surface area (TPSA) is 93.5 Å². The van der Waals surface area contributed by atoms with Gasteiger partial charge in [-0.25, -0.2) is 0 Å². The van der Waals surface area contributed by atoms with Crippen molar-refractivity contribution >= 4 is 28.4 Å². The maximum Gasteiger partial charge on any atom is 0.286 e. The molecule has 0 atom stereocenters. The van der Waals surface area contributed by atoms with Gasteiger partial charge in [0.1, 0.15) is 5.75 Å². The number of para-hydroxylation sites is 1. The average Bonchev–Trinajstić information content (AvgIpc) is 3.16. The first-order chi connectivity index (χ1) is 12.2. The Bertz CT molecular complexity index is 890. The van der Waals surface area contributed by atoms with E-state index in [1.807, 2.05) is 12.1 Å². The van der Waals surface area contributed by atoms with E-state index in [0.29, 0.717) is 17.0 Å². The lowest BCUT2D eigenvalue weighted by molar-refractivity contribution is -0.116. The lowest BCUT2D eigenvalue weighted by Crippen LogP contribution is -2.27. The third kappa shape index (κ3) is 3.77. The number of amides is 2. The fraction of sp³-hybridized carbons (Fsp3) is 0.167. The van der Waals surface area contributed by atoms with Crippen molar-refractivity contribution in [3.63, 3.8) is 0 Å². The van der Waals surface area contributed by atoms with Crippen LogP contribution in [-0.4, -0.2) is 30.5 Å². The number of furan rings is 1. The molecule has 3 aromatic rings.